The Hall–Kier alpha value is -3.30. The van der Waals surface area contributed by atoms with E-state index in [1.807, 2.05) is 18.2 Å². The number of hydrogen-bond donors (Lipinski definition) is 4. The molecular formula is C38H44Cl2F2N4O4. The zero-order valence-electron chi connectivity index (χ0n) is 28.2. The lowest BCUT2D eigenvalue weighted by molar-refractivity contribution is 0.0637. The van der Waals surface area contributed by atoms with Gasteiger partial charge in [-0.1, -0.05) is 85.6 Å². The topological polar surface area (TPSA) is 118 Å². The minimum Gasteiger partial charge on any atom is -0.430 e. The maximum absolute atomic E-state index is 16.1. The SMILES string of the molecule is CC(C)(C[C@@H]1N[C@H](OC(=O)NCC[C@H](O)CO)[C@H](c2cccc(Cl)c2F)[C@@]1(C#N)c1ccc(Cl)cc1F)C1CCN(Cc2ccccc2)CC1. The zero-order chi connectivity index (χ0) is 36.1. The van der Waals surface area contributed by atoms with Crippen molar-refractivity contribution in [3.8, 4) is 6.07 Å². The number of ether oxygens (including phenoxy) is 1. The molecule has 0 saturated carbocycles. The second kappa shape index (κ2) is 16.4. The van der Waals surface area contributed by atoms with Crippen LogP contribution in [0.5, 0.6) is 0 Å². The Bertz CT molecular complexity index is 1670. The molecule has 5 atom stereocenters. The first kappa shape index (κ1) is 37.9. The summed E-state index contributed by atoms with van der Waals surface area (Å²) in [6.45, 7) is 6.42. The van der Waals surface area contributed by atoms with E-state index in [0.29, 0.717) is 6.42 Å². The number of likely N-dealkylation sites (tertiary alicyclic amines) is 1. The average molecular weight is 730 g/mol. The normalized spacial score (nSPS) is 23.7. The highest BCUT2D eigenvalue weighted by Gasteiger charge is 2.61. The van der Waals surface area contributed by atoms with Crippen LogP contribution < -0.4 is 10.6 Å². The number of aliphatic hydroxyl groups is 2. The second-order valence-corrected chi connectivity index (χ2v) is 14.9. The fourth-order valence-electron chi connectivity index (χ4n) is 7.76. The van der Waals surface area contributed by atoms with Crippen LogP contribution in [0.1, 0.15) is 62.1 Å². The molecule has 50 heavy (non-hydrogen) atoms. The van der Waals surface area contributed by atoms with Crippen LogP contribution in [0.2, 0.25) is 10.0 Å². The van der Waals surface area contributed by atoms with Crippen LogP contribution in [0.3, 0.4) is 0 Å². The summed E-state index contributed by atoms with van der Waals surface area (Å²) < 4.78 is 38.0. The van der Waals surface area contributed by atoms with Gasteiger partial charge in [0, 0.05) is 29.7 Å². The van der Waals surface area contributed by atoms with E-state index in [1.165, 1.54) is 35.9 Å². The molecule has 4 N–H and O–H groups in total. The Balaban J connectivity index is 1.50. The van der Waals surface area contributed by atoms with Crippen LogP contribution in [-0.2, 0) is 16.7 Å². The van der Waals surface area contributed by atoms with Gasteiger partial charge < -0.3 is 20.3 Å². The van der Waals surface area contributed by atoms with E-state index in [1.54, 1.807) is 0 Å². The number of nitriles is 1. The third kappa shape index (κ3) is 8.25. The van der Waals surface area contributed by atoms with Crippen molar-refractivity contribution < 1.29 is 28.5 Å². The number of nitrogens with one attached hydrogen (secondary N) is 2. The molecule has 0 bridgehead atoms. The number of piperidine rings is 1. The van der Waals surface area contributed by atoms with E-state index in [2.05, 4.69) is 47.6 Å². The highest BCUT2D eigenvalue weighted by atomic mass is 35.5. The van der Waals surface area contributed by atoms with Gasteiger partial charge in [-0.05, 0) is 79.4 Å². The van der Waals surface area contributed by atoms with Gasteiger partial charge in [-0.2, -0.15) is 5.26 Å². The number of halogens is 4. The Kier molecular flexibility index (Phi) is 12.4. The molecule has 3 aromatic carbocycles. The molecule has 1 amide bonds. The third-order valence-electron chi connectivity index (χ3n) is 10.5. The van der Waals surface area contributed by atoms with Crippen LogP contribution in [0.25, 0.3) is 0 Å². The van der Waals surface area contributed by atoms with Crippen molar-refractivity contribution in [2.45, 2.75) is 75.8 Å². The first-order valence-electron chi connectivity index (χ1n) is 17.0. The second-order valence-electron chi connectivity index (χ2n) is 14.1. The average Bonchev–Trinajstić information content (AvgIpc) is 3.38. The van der Waals surface area contributed by atoms with Gasteiger partial charge in [0.1, 0.15) is 17.0 Å². The number of rotatable bonds is 12. The van der Waals surface area contributed by atoms with E-state index >= 15 is 8.78 Å². The van der Waals surface area contributed by atoms with Crippen LogP contribution in [-0.4, -0.2) is 65.8 Å². The maximum atomic E-state index is 16.1. The Morgan fingerprint density at radius 2 is 1.86 bits per heavy atom. The molecule has 0 spiro atoms. The molecule has 0 radical (unpaired) electrons. The summed E-state index contributed by atoms with van der Waals surface area (Å²) in [7, 11) is 0. The summed E-state index contributed by atoms with van der Waals surface area (Å²) in [6.07, 6.45) is -0.956. The number of nitrogens with zero attached hydrogens (tertiary/aromatic N) is 2. The van der Waals surface area contributed by atoms with E-state index in [9.17, 15) is 15.2 Å². The Morgan fingerprint density at radius 1 is 1.14 bits per heavy atom. The molecule has 5 rings (SSSR count). The van der Waals surface area contributed by atoms with Gasteiger partial charge in [0.25, 0.3) is 0 Å². The van der Waals surface area contributed by atoms with Crippen LogP contribution in [0.15, 0.2) is 66.7 Å². The molecule has 2 aliphatic rings. The van der Waals surface area contributed by atoms with Crippen molar-refractivity contribution in [1.82, 2.24) is 15.5 Å². The predicted octanol–water partition coefficient (Wildman–Crippen LogP) is 6.91. The summed E-state index contributed by atoms with van der Waals surface area (Å²) in [5.74, 6) is -2.52. The van der Waals surface area contributed by atoms with Crippen LogP contribution >= 0.6 is 23.2 Å². The largest absolute Gasteiger partial charge is 0.430 e. The van der Waals surface area contributed by atoms with E-state index in [0.717, 1.165) is 38.5 Å². The number of carbonyl (C=O) groups excluding carboxylic acids is 1. The van der Waals surface area contributed by atoms with Gasteiger partial charge in [0.2, 0.25) is 0 Å². The molecule has 2 saturated heterocycles. The summed E-state index contributed by atoms with van der Waals surface area (Å²) in [5, 5.41) is 35.9. The molecule has 268 valence electrons. The fraction of sp³-hybridized carbons (Fsp3) is 0.474. The molecule has 12 heteroatoms. The number of aliphatic hydroxyl groups excluding tert-OH is 2. The van der Waals surface area contributed by atoms with Crippen molar-refractivity contribution in [1.29, 1.82) is 5.26 Å². The van der Waals surface area contributed by atoms with E-state index < -0.39 is 54.0 Å². The van der Waals surface area contributed by atoms with Crippen molar-refractivity contribution in [3.05, 3.63) is 105 Å². The minimum absolute atomic E-state index is 0.00247. The fourth-order valence-corrected chi connectivity index (χ4v) is 8.10. The number of alkyl carbamates (subject to hydrolysis) is 1. The molecule has 0 aliphatic carbocycles. The van der Waals surface area contributed by atoms with Gasteiger partial charge in [-0.25, -0.2) is 13.6 Å². The van der Waals surface area contributed by atoms with Gasteiger partial charge in [0.15, 0.2) is 6.23 Å². The maximum Gasteiger partial charge on any atom is 0.408 e. The molecular weight excluding hydrogens is 685 g/mol. The van der Waals surface area contributed by atoms with Crippen LogP contribution in [0.4, 0.5) is 13.6 Å². The zero-order valence-corrected chi connectivity index (χ0v) is 29.7. The first-order valence-corrected chi connectivity index (χ1v) is 17.7. The van der Waals surface area contributed by atoms with Crippen molar-refractivity contribution in [2.75, 3.05) is 26.2 Å². The van der Waals surface area contributed by atoms with Gasteiger partial charge in [-0.15, -0.1) is 0 Å². The van der Waals surface area contributed by atoms with E-state index in [4.69, 9.17) is 33.0 Å². The summed E-state index contributed by atoms with van der Waals surface area (Å²) >= 11 is 12.4. The predicted molar refractivity (Wildman–Crippen MR) is 189 cm³/mol. The lowest BCUT2D eigenvalue weighted by atomic mass is 9.61. The Morgan fingerprint density at radius 3 is 2.52 bits per heavy atom. The molecule has 0 unspecified atom stereocenters. The number of amides is 1. The highest BCUT2D eigenvalue weighted by molar-refractivity contribution is 6.31. The molecule has 2 heterocycles. The summed E-state index contributed by atoms with van der Waals surface area (Å²) in [4.78, 5) is 15.6. The van der Waals surface area contributed by atoms with Crippen molar-refractivity contribution in [2.24, 2.45) is 11.3 Å². The minimum atomic E-state index is -1.77. The smallest absolute Gasteiger partial charge is 0.408 e. The molecule has 2 aliphatic heterocycles. The van der Waals surface area contributed by atoms with Gasteiger partial charge >= 0.3 is 6.09 Å². The molecule has 0 aromatic heterocycles. The van der Waals surface area contributed by atoms with E-state index in [-0.39, 0.29) is 45.5 Å². The first-order chi connectivity index (χ1) is 23.9. The van der Waals surface area contributed by atoms with Crippen molar-refractivity contribution in [3.63, 3.8) is 0 Å². The number of benzene rings is 3. The number of hydrogen-bond acceptors (Lipinski definition) is 7. The lowest BCUT2D eigenvalue weighted by Crippen LogP contribution is -2.47. The number of carbonyl (C=O) groups is 1. The van der Waals surface area contributed by atoms with Gasteiger partial charge in [-0.3, -0.25) is 10.2 Å². The Labute approximate surface area is 302 Å². The summed E-state index contributed by atoms with van der Waals surface area (Å²) in [5.41, 5.74) is -0.913. The highest BCUT2D eigenvalue weighted by Crippen LogP contribution is 2.54. The van der Waals surface area contributed by atoms with Gasteiger partial charge in [0.05, 0.1) is 29.7 Å². The molecule has 2 fully saturated rings. The molecule has 8 nitrogen and oxygen atoms in total. The third-order valence-corrected chi connectivity index (χ3v) is 11.0. The summed E-state index contributed by atoms with van der Waals surface area (Å²) in [6, 6.07) is 20.3. The lowest BCUT2D eigenvalue weighted by Gasteiger charge is -2.44. The quantitative estimate of drug-likeness (QED) is 0.160. The molecule has 3 aromatic rings. The van der Waals surface area contributed by atoms with Crippen LogP contribution in [0, 0.1) is 34.3 Å². The van der Waals surface area contributed by atoms with Crippen molar-refractivity contribution >= 4 is 29.3 Å². The monoisotopic (exact) mass is 728 g/mol. The standard InChI is InChI=1S/C38H44Cl2F2N4O4/c1-37(2,25-14-17-46(18-15-25)21-24-7-4-3-5-8-24)20-32-38(23-43,29-12-11-26(39)19-31(29)41)33(28-9-6-10-30(40)34(28)42)35(45-32)50-36(49)44-16-13-27(48)22-47/h3-12,19,25,27,32-33,35,45,47-48H,13-18,20-22H2,1-2H3,(H,44,49)/t27-,32-,33-,35+,38-/m0/s1.